The lowest BCUT2D eigenvalue weighted by molar-refractivity contribution is -0.131. The zero-order chi connectivity index (χ0) is 13.7. The Morgan fingerprint density at radius 1 is 1.47 bits per heavy atom. The van der Waals surface area contributed by atoms with Gasteiger partial charge in [0.1, 0.15) is 0 Å². The third-order valence-electron chi connectivity index (χ3n) is 3.29. The number of carboxylic acid groups (broad SMARTS) is 1. The molecule has 4 heteroatoms. The van der Waals surface area contributed by atoms with Gasteiger partial charge in [0.25, 0.3) is 0 Å². The first-order valence-corrected chi connectivity index (χ1v) is 6.47. The predicted molar refractivity (Wildman–Crippen MR) is 73.8 cm³/mol. The lowest BCUT2D eigenvalue weighted by Gasteiger charge is -2.33. The van der Waals surface area contributed by atoms with Crippen molar-refractivity contribution >= 4 is 12.0 Å². The van der Waals surface area contributed by atoms with E-state index < -0.39 is 5.97 Å². The molecule has 0 saturated carbocycles. The van der Waals surface area contributed by atoms with E-state index >= 15 is 0 Å². The number of benzene rings is 1. The third kappa shape index (κ3) is 4.19. The van der Waals surface area contributed by atoms with E-state index in [1.807, 2.05) is 24.3 Å². The molecule has 1 fully saturated rings. The number of aliphatic carboxylic acids is 1. The van der Waals surface area contributed by atoms with Crippen LogP contribution < -0.4 is 0 Å². The van der Waals surface area contributed by atoms with Gasteiger partial charge in [0.05, 0.1) is 13.2 Å². The van der Waals surface area contributed by atoms with Crippen LogP contribution in [0.4, 0.5) is 0 Å². The highest BCUT2D eigenvalue weighted by Gasteiger charge is 2.18. The van der Waals surface area contributed by atoms with Gasteiger partial charge in [-0.25, -0.2) is 4.79 Å². The van der Waals surface area contributed by atoms with Crippen LogP contribution in [0.25, 0.3) is 6.08 Å². The number of hydrogen-bond donors (Lipinski definition) is 1. The monoisotopic (exact) mass is 261 g/mol. The first kappa shape index (κ1) is 13.8. The van der Waals surface area contributed by atoms with Crippen LogP contribution in [0.2, 0.25) is 0 Å². The van der Waals surface area contributed by atoms with Gasteiger partial charge in [0, 0.05) is 25.2 Å². The van der Waals surface area contributed by atoms with E-state index in [-0.39, 0.29) is 0 Å². The lowest BCUT2D eigenvalue weighted by atomic mass is 10.1. The molecule has 4 nitrogen and oxygen atoms in total. The normalized spacial score (nSPS) is 20.8. The van der Waals surface area contributed by atoms with Gasteiger partial charge in [-0.2, -0.15) is 0 Å². The minimum atomic E-state index is -0.925. The molecule has 0 bridgehead atoms. The molecule has 0 spiro atoms. The molecule has 1 saturated heterocycles. The number of nitrogens with zero attached hydrogens (tertiary/aromatic N) is 1. The number of rotatable bonds is 4. The predicted octanol–water partition coefficient (Wildman–Crippen LogP) is 2.01. The number of ether oxygens (including phenoxy) is 1. The Morgan fingerprint density at radius 2 is 2.21 bits per heavy atom. The summed E-state index contributed by atoms with van der Waals surface area (Å²) in [4.78, 5) is 12.8. The molecule has 102 valence electrons. The van der Waals surface area contributed by atoms with E-state index in [4.69, 9.17) is 9.84 Å². The fraction of sp³-hybridized carbons (Fsp3) is 0.400. The Balaban J connectivity index is 1.96. The van der Waals surface area contributed by atoms with Gasteiger partial charge in [0.15, 0.2) is 0 Å². The van der Waals surface area contributed by atoms with Crippen LogP contribution in [0, 0.1) is 0 Å². The molecule has 19 heavy (non-hydrogen) atoms. The van der Waals surface area contributed by atoms with Gasteiger partial charge in [-0.3, -0.25) is 4.90 Å². The molecule has 1 aromatic rings. The van der Waals surface area contributed by atoms with Crippen molar-refractivity contribution in [2.75, 3.05) is 19.8 Å². The summed E-state index contributed by atoms with van der Waals surface area (Å²) < 4.78 is 5.42. The van der Waals surface area contributed by atoms with Crippen LogP contribution in [0.15, 0.2) is 30.3 Å². The quantitative estimate of drug-likeness (QED) is 0.842. The second-order valence-corrected chi connectivity index (χ2v) is 4.81. The summed E-state index contributed by atoms with van der Waals surface area (Å²) >= 11 is 0. The molecular weight excluding hydrogens is 242 g/mol. The molecule has 1 atom stereocenters. The van der Waals surface area contributed by atoms with E-state index in [1.165, 1.54) is 5.56 Å². The minimum absolute atomic E-state index is 0.445. The lowest BCUT2D eigenvalue weighted by Crippen LogP contribution is -2.42. The standard InChI is InChI=1S/C15H19NO3/c1-12-11-19-9-8-16(12)10-14-4-2-13(3-5-14)6-7-15(17)18/h2-7,12H,8-11H2,1H3,(H,17,18). The molecule has 0 aliphatic carbocycles. The van der Waals surface area contributed by atoms with E-state index in [1.54, 1.807) is 6.08 Å². The maximum atomic E-state index is 10.4. The summed E-state index contributed by atoms with van der Waals surface area (Å²) in [6.45, 7) is 5.63. The third-order valence-corrected chi connectivity index (χ3v) is 3.29. The van der Waals surface area contributed by atoms with Crippen LogP contribution in [0.1, 0.15) is 18.1 Å². The maximum Gasteiger partial charge on any atom is 0.328 e. The topological polar surface area (TPSA) is 49.8 Å². The van der Waals surface area contributed by atoms with Gasteiger partial charge < -0.3 is 9.84 Å². The van der Waals surface area contributed by atoms with Crippen molar-refractivity contribution in [3.8, 4) is 0 Å². The summed E-state index contributed by atoms with van der Waals surface area (Å²) in [7, 11) is 0. The minimum Gasteiger partial charge on any atom is -0.478 e. The second kappa shape index (κ2) is 6.50. The highest BCUT2D eigenvalue weighted by Crippen LogP contribution is 2.13. The van der Waals surface area contributed by atoms with Crippen LogP contribution in [0.5, 0.6) is 0 Å². The summed E-state index contributed by atoms with van der Waals surface area (Å²) in [5.41, 5.74) is 2.14. The molecule has 1 N–H and O–H groups in total. The van der Waals surface area contributed by atoms with Crippen molar-refractivity contribution in [1.29, 1.82) is 0 Å². The second-order valence-electron chi connectivity index (χ2n) is 4.81. The maximum absolute atomic E-state index is 10.4. The molecule has 0 radical (unpaired) electrons. The number of carboxylic acids is 1. The van der Waals surface area contributed by atoms with Crippen LogP contribution in [-0.2, 0) is 16.1 Å². The fourth-order valence-electron chi connectivity index (χ4n) is 2.13. The fourth-order valence-corrected chi connectivity index (χ4v) is 2.13. The van der Waals surface area contributed by atoms with Crippen molar-refractivity contribution in [2.24, 2.45) is 0 Å². The van der Waals surface area contributed by atoms with Crippen molar-refractivity contribution in [1.82, 2.24) is 4.90 Å². The number of carbonyl (C=O) groups is 1. The smallest absolute Gasteiger partial charge is 0.328 e. The van der Waals surface area contributed by atoms with E-state index in [0.29, 0.717) is 6.04 Å². The van der Waals surface area contributed by atoms with Gasteiger partial charge in [-0.05, 0) is 24.1 Å². The van der Waals surface area contributed by atoms with Crippen molar-refractivity contribution in [2.45, 2.75) is 19.5 Å². The summed E-state index contributed by atoms with van der Waals surface area (Å²) in [6.07, 6.45) is 2.75. The van der Waals surface area contributed by atoms with Gasteiger partial charge in [-0.15, -0.1) is 0 Å². The Morgan fingerprint density at radius 3 is 2.84 bits per heavy atom. The van der Waals surface area contributed by atoms with Crippen LogP contribution >= 0.6 is 0 Å². The molecule has 1 aliphatic rings. The Labute approximate surface area is 113 Å². The largest absolute Gasteiger partial charge is 0.478 e. The van der Waals surface area contributed by atoms with Gasteiger partial charge >= 0.3 is 5.97 Å². The van der Waals surface area contributed by atoms with Gasteiger partial charge in [0.2, 0.25) is 0 Å². The van der Waals surface area contributed by atoms with Crippen LogP contribution in [0.3, 0.4) is 0 Å². The highest BCUT2D eigenvalue weighted by molar-refractivity contribution is 5.85. The first-order valence-electron chi connectivity index (χ1n) is 6.47. The Bertz CT molecular complexity index is 453. The average molecular weight is 261 g/mol. The van der Waals surface area contributed by atoms with Gasteiger partial charge in [-0.1, -0.05) is 24.3 Å². The van der Waals surface area contributed by atoms with E-state index in [9.17, 15) is 4.79 Å². The molecule has 0 amide bonds. The summed E-state index contributed by atoms with van der Waals surface area (Å²) in [5, 5.41) is 8.57. The van der Waals surface area contributed by atoms with Crippen molar-refractivity contribution in [3.63, 3.8) is 0 Å². The zero-order valence-electron chi connectivity index (χ0n) is 11.1. The highest BCUT2D eigenvalue weighted by atomic mass is 16.5. The SMILES string of the molecule is CC1COCCN1Cc1ccc(C=CC(=O)O)cc1. The zero-order valence-corrected chi connectivity index (χ0v) is 11.1. The molecule has 2 rings (SSSR count). The summed E-state index contributed by atoms with van der Waals surface area (Å²) in [5.74, 6) is -0.925. The van der Waals surface area contributed by atoms with E-state index in [2.05, 4.69) is 11.8 Å². The first-order chi connectivity index (χ1) is 9.15. The summed E-state index contributed by atoms with van der Waals surface area (Å²) in [6, 6.07) is 8.42. The Hall–Kier alpha value is -1.65. The van der Waals surface area contributed by atoms with E-state index in [0.717, 1.165) is 37.9 Å². The average Bonchev–Trinajstić information content (AvgIpc) is 2.40. The molecule has 1 unspecified atom stereocenters. The Kier molecular flexibility index (Phi) is 4.71. The molecule has 1 aliphatic heterocycles. The van der Waals surface area contributed by atoms with Crippen molar-refractivity contribution in [3.05, 3.63) is 41.5 Å². The molecule has 0 aromatic heterocycles. The number of morpholine rings is 1. The molecule has 1 heterocycles. The van der Waals surface area contributed by atoms with Crippen molar-refractivity contribution < 1.29 is 14.6 Å². The number of hydrogen-bond acceptors (Lipinski definition) is 3. The van der Waals surface area contributed by atoms with Crippen LogP contribution in [-0.4, -0.2) is 41.8 Å². The molecule has 1 aromatic carbocycles. The molecular formula is C15H19NO3.